The first-order valence-electron chi connectivity index (χ1n) is 9.58. The summed E-state index contributed by atoms with van der Waals surface area (Å²) in [5.41, 5.74) is 2.56. The van der Waals surface area contributed by atoms with Gasteiger partial charge in [0.05, 0.1) is 11.3 Å². The number of rotatable bonds is 6. The SMILES string of the molecule is CC(=O)Oc1cccc(C2=NN(C(=O)CCCc3ccccc3)C(C)(C)C2)c1. The fourth-order valence-electron chi connectivity index (χ4n) is 3.43. The highest BCUT2D eigenvalue weighted by molar-refractivity contribution is 6.03. The van der Waals surface area contributed by atoms with Crippen molar-refractivity contribution in [1.29, 1.82) is 0 Å². The highest BCUT2D eigenvalue weighted by Gasteiger charge is 2.38. The van der Waals surface area contributed by atoms with Crippen molar-refractivity contribution >= 4 is 17.6 Å². The van der Waals surface area contributed by atoms with Crippen LogP contribution >= 0.6 is 0 Å². The summed E-state index contributed by atoms with van der Waals surface area (Å²) in [5.74, 6) is 0.159. The fraction of sp³-hybridized carbons (Fsp3) is 0.348. The van der Waals surface area contributed by atoms with Crippen LogP contribution in [0.5, 0.6) is 5.75 Å². The van der Waals surface area contributed by atoms with Crippen molar-refractivity contribution in [1.82, 2.24) is 5.01 Å². The van der Waals surface area contributed by atoms with Gasteiger partial charge in [0.15, 0.2) is 0 Å². The van der Waals surface area contributed by atoms with Crippen LogP contribution in [-0.4, -0.2) is 28.1 Å². The average molecular weight is 378 g/mol. The molecule has 5 nitrogen and oxygen atoms in total. The Balaban J connectivity index is 1.68. The third kappa shape index (κ3) is 4.85. The highest BCUT2D eigenvalue weighted by atomic mass is 16.5. The maximum atomic E-state index is 12.8. The molecule has 0 fully saturated rings. The van der Waals surface area contributed by atoms with Gasteiger partial charge in [0.1, 0.15) is 5.75 Å². The summed E-state index contributed by atoms with van der Waals surface area (Å²) < 4.78 is 5.16. The normalized spacial score (nSPS) is 15.2. The number of aryl methyl sites for hydroxylation is 1. The van der Waals surface area contributed by atoms with Crippen LogP contribution in [0.4, 0.5) is 0 Å². The molecule has 5 heteroatoms. The molecule has 0 saturated heterocycles. The number of ether oxygens (including phenoxy) is 1. The van der Waals surface area contributed by atoms with Crippen molar-refractivity contribution in [2.75, 3.05) is 0 Å². The van der Waals surface area contributed by atoms with Gasteiger partial charge in [0.2, 0.25) is 5.91 Å². The Kier molecular flexibility index (Phi) is 5.93. The summed E-state index contributed by atoms with van der Waals surface area (Å²) in [7, 11) is 0. The van der Waals surface area contributed by atoms with Gasteiger partial charge in [0.25, 0.3) is 0 Å². The quantitative estimate of drug-likeness (QED) is 0.555. The van der Waals surface area contributed by atoms with Gasteiger partial charge in [-0.2, -0.15) is 5.10 Å². The largest absolute Gasteiger partial charge is 0.427 e. The number of hydrazone groups is 1. The van der Waals surface area contributed by atoms with Crippen molar-refractivity contribution in [3.8, 4) is 5.75 Å². The second-order valence-corrected chi connectivity index (χ2v) is 7.70. The molecule has 0 aliphatic carbocycles. The van der Waals surface area contributed by atoms with Crippen LogP contribution in [0.25, 0.3) is 0 Å². The van der Waals surface area contributed by atoms with E-state index in [1.165, 1.54) is 12.5 Å². The van der Waals surface area contributed by atoms with E-state index in [2.05, 4.69) is 17.2 Å². The molecular weight excluding hydrogens is 352 g/mol. The number of amides is 1. The standard InChI is InChI=1S/C23H26N2O3/c1-17(26)28-20-13-8-12-19(15-20)21-16-23(2,3)25(24-21)22(27)14-7-11-18-9-5-4-6-10-18/h4-6,8-10,12-13,15H,7,11,14,16H2,1-3H3. The molecule has 3 rings (SSSR count). The lowest BCUT2D eigenvalue weighted by Gasteiger charge is -2.28. The molecule has 1 amide bonds. The Labute approximate surface area is 166 Å². The van der Waals surface area contributed by atoms with E-state index < -0.39 is 0 Å². The molecule has 0 aromatic heterocycles. The molecule has 0 radical (unpaired) electrons. The monoisotopic (exact) mass is 378 g/mol. The molecule has 1 aliphatic rings. The minimum absolute atomic E-state index is 0.0343. The first-order valence-corrected chi connectivity index (χ1v) is 9.58. The molecule has 0 unspecified atom stereocenters. The fourth-order valence-corrected chi connectivity index (χ4v) is 3.43. The second kappa shape index (κ2) is 8.38. The summed E-state index contributed by atoms with van der Waals surface area (Å²) in [5, 5.41) is 6.23. The minimum atomic E-state index is -0.378. The van der Waals surface area contributed by atoms with Gasteiger partial charge in [-0.15, -0.1) is 0 Å². The van der Waals surface area contributed by atoms with Crippen LogP contribution in [0.2, 0.25) is 0 Å². The average Bonchev–Trinajstić information content (AvgIpc) is 2.98. The summed E-state index contributed by atoms with van der Waals surface area (Å²) >= 11 is 0. The lowest BCUT2D eigenvalue weighted by molar-refractivity contribution is -0.135. The molecule has 1 aliphatic heterocycles. The van der Waals surface area contributed by atoms with E-state index in [-0.39, 0.29) is 17.4 Å². The van der Waals surface area contributed by atoms with Gasteiger partial charge in [0, 0.05) is 25.3 Å². The maximum Gasteiger partial charge on any atom is 0.308 e. The zero-order valence-electron chi connectivity index (χ0n) is 16.6. The molecule has 2 aromatic carbocycles. The van der Waals surface area contributed by atoms with Crippen molar-refractivity contribution < 1.29 is 14.3 Å². The van der Waals surface area contributed by atoms with Gasteiger partial charge < -0.3 is 4.74 Å². The maximum absolute atomic E-state index is 12.8. The van der Waals surface area contributed by atoms with Crippen LogP contribution in [-0.2, 0) is 16.0 Å². The zero-order chi connectivity index (χ0) is 20.1. The Morgan fingerprint density at radius 2 is 1.86 bits per heavy atom. The van der Waals surface area contributed by atoms with Gasteiger partial charge in [-0.25, -0.2) is 5.01 Å². The van der Waals surface area contributed by atoms with Crippen LogP contribution in [0.3, 0.4) is 0 Å². The van der Waals surface area contributed by atoms with E-state index in [1.54, 1.807) is 17.1 Å². The molecule has 146 valence electrons. The Bertz CT molecular complexity index is 888. The summed E-state index contributed by atoms with van der Waals surface area (Å²) in [6, 6.07) is 17.5. The van der Waals surface area contributed by atoms with Crippen molar-refractivity contribution in [3.05, 3.63) is 65.7 Å². The van der Waals surface area contributed by atoms with E-state index in [4.69, 9.17) is 4.74 Å². The molecule has 0 N–H and O–H groups in total. The molecular formula is C23H26N2O3. The molecule has 28 heavy (non-hydrogen) atoms. The Hall–Kier alpha value is -2.95. The lowest BCUT2D eigenvalue weighted by Crippen LogP contribution is -2.40. The van der Waals surface area contributed by atoms with E-state index in [0.29, 0.717) is 18.6 Å². The van der Waals surface area contributed by atoms with Gasteiger partial charge in [-0.1, -0.05) is 42.5 Å². The highest BCUT2D eigenvalue weighted by Crippen LogP contribution is 2.31. The molecule has 2 aromatic rings. The summed E-state index contributed by atoms with van der Waals surface area (Å²) in [6.07, 6.45) is 2.79. The van der Waals surface area contributed by atoms with Crippen molar-refractivity contribution in [2.24, 2.45) is 5.10 Å². The van der Waals surface area contributed by atoms with Gasteiger partial charge >= 0.3 is 5.97 Å². The third-order valence-corrected chi connectivity index (χ3v) is 4.76. The van der Waals surface area contributed by atoms with Crippen LogP contribution in [0.15, 0.2) is 59.7 Å². The Morgan fingerprint density at radius 3 is 2.57 bits per heavy atom. The minimum Gasteiger partial charge on any atom is -0.427 e. The van der Waals surface area contributed by atoms with Crippen molar-refractivity contribution in [3.63, 3.8) is 0 Å². The smallest absolute Gasteiger partial charge is 0.308 e. The van der Waals surface area contributed by atoms with E-state index in [1.807, 2.05) is 44.2 Å². The number of benzene rings is 2. The lowest BCUT2D eigenvalue weighted by atomic mass is 9.94. The predicted octanol–water partition coefficient (Wildman–Crippen LogP) is 4.35. The zero-order valence-corrected chi connectivity index (χ0v) is 16.6. The predicted molar refractivity (Wildman–Crippen MR) is 109 cm³/mol. The first kappa shape index (κ1) is 19.8. The van der Waals surface area contributed by atoms with Crippen LogP contribution in [0, 0.1) is 0 Å². The van der Waals surface area contributed by atoms with E-state index in [0.717, 1.165) is 24.1 Å². The molecule has 1 heterocycles. The van der Waals surface area contributed by atoms with E-state index >= 15 is 0 Å². The molecule has 0 spiro atoms. The molecule has 0 atom stereocenters. The number of carbonyl (C=O) groups excluding carboxylic acids is 2. The number of nitrogens with zero attached hydrogens (tertiary/aromatic N) is 2. The molecule has 0 bridgehead atoms. The molecule has 0 saturated carbocycles. The summed E-state index contributed by atoms with van der Waals surface area (Å²) in [4.78, 5) is 24.0. The second-order valence-electron chi connectivity index (χ2n) is 7.70. The van der Waals surface area contributed by atoms with Gasteiger partial charge in [-0.3, -0.25) is 9.59 Å². The Morgan fingerprint density at radius 1 is 1.11 bits per heavy atom. The topological polar surface area (TPSA) is 59.0 Å². The summed E-state index contributed by atoms with van der Waals surface area (Å²) in [6.45, 7) is 5.42. The van der Waals surface area contributed by atoms with Crippen molar-refractivity contribution in [2.45, 2.75) is 52.0 Å². The number of carbonyl (C=O) groups is 2. The van der Waals surface area contributed by atoms with Gasteiger partial charge in [-0.05, 0) is 44.4 Å². The van der Waals surface area contributed by atoms with Crippen LogP contribution < -0.4 is 4.74 Å². The van der Waals surface area contributed by atoms with Crippen LogP contribution in [0.1, 0.15) is 51.2 Å². The number of hydrogen-bond donors (Lipinski definition) is 0. The third-order valence-electron chi connectivity index (χ3n) is 4.76. The number of hydrogen-bond acceptors (Lipinski definition) is 4. The van der Waals surface area contributed by atoms with E-state index in [9.17, 15) is 9.59 Å². The number of esters is 1. The first-order chi connectivity index (χ1) is 13.3.